The molecule has 0 fully saturated rings. The summed E-state index contributed by atoms with van der Waals surface area (Å²) in [7, 11) is 0. The second kappa shape index (κ2) is 15.8. The molecule has 0 aliphatic heterocycles. The Bertz CT molecular complexity index is 302. The molecule has 0 amide bonds. The van der Waals surface area contributed by atoms with Crippen LogP contribution in [0.3, 0.4) is 0 Å². The van der Waals surface area contributed by atoms with E-state index >= 15 is 0 Å². The Morgan fingerprint density at radius 3 is 1.61 bits per heavy atom. The smallest absolute Gasteiger partial charge is 0.315 e. The van der Waals surface area contributed by atoms with Gasteiger partial charge < -0.3 is 19.7 Å². The molecule has 2 atom stereocenters. The van der Waals surface area contributed by atoms with Gasteiger partial charge in [-0.15, -0.1) is 0 Å². The fraction of sp³-hybridized carbons (Fsp3) is 0.846. The first-order valence-electron chi connectivity index (χ1n) is 7.04. The van der Waals surface area contributed by atoms with Crippen molar-refractivity contribution in [1.82, 2.24) is 0 Å². The van der Waals surface area contributed by atoms with E-state index in [-0.39, 0.29) is 29.9 Å². The van der Waals surface area contributed by atoms with E-state index in [1.807, 2.05) is 0 Å². The minimum atomic E-state index is -0.613. The van der Waals surface area contributed by atoms with Crippen LogP contribution in [0.5, 0.6) is 0 Å². The van der Waals surface area contributed by atoms with Gasteiger partial charge in [0.2, 0.25) is 0 Å². The van der Waals surface area contributed by atoms with Crippen LogP contribution in [0.4, 0.5) is 0 Å². The molecule has 0 saturated heterocycles. The van der Waals surface area contributed by atoms with Crippen LogP contribution in [0, 0.1) is 0 Å². The summed E-state index contributed by atoms with van der Waals surface area (Å²) in [6.07, 6.45) is -0.941. The van der Waals surface area contributed by atoms with Crippen LogP contribution in [-0.4, -0.2) is 82.1 Å². The second-order valence-corrected chi connectivity index (χ2v) is 7.38. The number of rotatable bonds is 14. The van der Waals surface area contributed by atoms with Gasteiger partial charge in [-0.2, -0.15) is 48.8 Å². The first-order valence-corrected chi connectivity index (χ1v) is 10.6. The van der Waals surface area contributed by atoms with E-state index in [0.29, 0.717) is 36.2 Å². The summed E-state index contributed by atoms with van der Waals surface area (Å²) in [4.78, 5) is 21.7. The van der Waals surface area contributed by atoms with Crippen molar-refractivity contribution in [3.8, 4) is 0 Å². The highest BCUT2D eigenvalue weighted by molar-refractivity contribution is 7.99. The molecular weight excluding hydrogens is 380 g/mol. The lowest BCUT2D eigenvalue weighted by Gasteiger charge is -2.15. The summed E-state index contributed by atoms with van der Waals surface area (Å²) in [6, 6.07) is 0. The van der Waals surface area contributed by atoms with Gasteiger partial charge in [0.05, 0.1) is 23.7 Å². The van der Waals surface area contributed by atoms with Crippen molar-refractivity contribution in [3.05, 3.63) is 0 Å². The first-order chi connectivity index (χ1) is 11.0. The normalized spacial score (nSPS) is 13.4. The average Bonchev–Trinajstić information content (AvgIpc) is 2.53. The third-order valence-corrected chi connectivity index (χ3v) is 5.07. The first kappa shape index (κ1) is 23.3. The van der Waals surface area contributed by atoms with Crippen molar-refractivity contribution in [2.24, 2.45) is 0 Å². The Balaban J connectivity index is 3.49. The molecule has 10 heteroatoms. The fourth-order valence-electron chi connectivity index (χ4n) is 1.41. The number of ether oxygens (including phenoxy) is 2. The third-order valence-electron chi connectivity index (χ3n) is 2.40. The summed E-state index contributed by atoms with van der Waals surface area (Å²) in [5.74, 6) is 1.54. The van der Waals surface area contributed by atoms with Gasteiger partial charge in [-0.1, -0.05) is 0 Å². The minimum Gasteiger partial charge on any atom is -0.464 e. The molecule has 0 aromatic heterocycles. The summed E-state index contributed by atoms with van der Waals surface area (Å²) in [5, 5.41) is 19.6. The van der Waals surface area contributed by atoms with E-state index in [1.54, 1.807) is 0 Å². The van der Waals surface area contributed by atoms with E-state index in [0.717, 1.165) is 0 Å². The number of hydrogen-bond donors (Lipinski definition) is 4. The maximum atomic E-state index is 10.8. The molecule has 0 aliphatic carbocycles. The number of esters is 2. The van der Waals surface area contributed by atoms with Gasteiger partial charge in [0.25, 0.3) is 0 Å². The van der Waals surface area contributed by atoms with E-state index in [4.69, 9.17) is 9.47 Å². The van der Waals surface area contributed by atoms with E-state index in [9.17, 15) is 19.8 Å². The number of hydrogen-bond acceptors (Lipinski definition) is 10. The number of thiol groups is 2. The average molecular weight is 405 g/mol. The summed E-state index contributed by atoms with van der Waals surface area (Å²) >= 11 is 10.5. The standard InChI is InChI=1S/C13H24O6S4/c14-10(8-22-3-1-18-12(16)6-20)5-11(15)9-23-4-2-19-13(17)7-21/h10-11,14-15,20-21H,1-9H2. The lowest BCUT2D eigenvalue weighted by atomic mass is 10.2. The monoisotopic (exact) mass is 404 g/mol. The Morgan fingerprint density at radius 1 is 0.870 bits per heavy atom. The van der Waals surface area contributed by atoms with Crippen LogP contribution in [0.15, 0.2) is 0 Å². The predicted molar refractivity (Wildman–Crippen MR) is 101 cm³/mol. The molecule has 0 rings (SSSR count). The molecule has 136 valence electrons. The fourth-order valence-corrected chi connectivity index (χ4v) is 3.14. The predicted octanol–water partition coefficient (Wildman–Crippen LogP) is 0.511. The van der Waals surface area contributed by atoms with Crippen LogP contribution >= 0.6 is 48.8 Å². The molecule has 0 saturated carbocycles. The molecule has 0 radical (unpaired) electrons. The Labute approximate surface area is 156 Å². The number of carbonyl (C=O) groups excluding carboxylic acids is 2. The number of carbonyl (C=O) groups is 2. The molecule has 0 aromatic rings. The Morgan fingerprint density at radius 2 is 1.26 bits per heavy atom. The quantitative estimate of drug-likeness (QED) is 0.189. The van der Waals surface area contributed by atoms with Crippen molar-refractivity contribution < 1.29 is 29.3 Å². The van der Waals surface area contributed by atoms with Crippen molar-refractivity contribution in [3.63, 3.8) is 0 Å². The highest BCUT2D eigenvalue weighted by atomic mass is 32.2. The lowest BCUT2D eigenvalue weighted by molar-refractivity contribution is -0.140. The van der Waals surface area contributed by atoms with Crippen LogP contribution in [-0.2, 0) is 19.1 Å². The largest absolute Gasteiger partial charge is 0.464 e. The minimum absolute atomic E-state index is 0.0605. The van der Waals surface area contributed by atoms with E-state index in [2.05, 4.69) is 25.3 Å². The molecule has 0 aliphatic rings. The lowest BCUT2D eigenvalue weighted by Crippen LogP contribution is -2.22. The van der Waals surface area contributed by atoms with E-state index < -0.39 is 12.2 Å². The van der Waals surface area contributed by atoms with Gasteiger partial charge in [-0.3, -0.25) is 9.59 Å². The van der Waals surface area contributed by atoms with Gasteiger partial charge >= 0.3 is 11.9 Å². The number of thioether (sulfide) groups is 2. The van der Waals surface area contributed by atoms with Crippen molar-refractivity contribution in [1.29, 1.82) is 0 Å². The van der Waals surface area contributed by atoms with E-state index in [1.165, 1.54) is 23.5 Å². The third kappa shape index (κ3) is 15.5. The molecule has 0 bridgehead atoms. The van der Waals surface area contributed by atoms with Crippen LogP contribution in [0.25, 0.3) is 0 Å². The van der Waals surface area contributed by atoms with Crippen molar-refractivity contribution >= 4 is 60.7 Å². The topological polar surface area (TPSA) is 93.1 Å². The van der Waals surface area contributed by atoms with Gasteiger partial charge in [-0.25, -0.2) is 0 Å². The van der Waals surface area contributed by atoms with Crippen molar-refractivity contribution in [2.75, 3.05) is 47.7 Å². The molecule has 23 heavy (non-hydrogen) atoms. The zero-order valence-electron chi connectivity index (χ0n) is 12.8. The Kier molecular flexibility index (Phi) is 15.9. The van der Waals surface area contributed by atoms with Crippen molar-refractivity contribution in [2.45, 2.75) is 18.6 Å². The number of aliphatic hydroxyl groups excluding tert-OH is 2. The molecule has 6 nitrogen and oxygen atoms in total. The van der Waals surface area contributed by atoms with Crippen LogP contribution in [0.1, 0.15) is 6.42 Å². The Hall–Kier alpha value is 0.260. The van der Waals surface area contributed by atoms with Gasteiger partial charge in [0.15, 0.2) is 0 Å². The highest BCUT2D eigenvalue weighted by Crippen LogP contribution is 2.11. The van der Waals surface area contributed by atoms with Crippen LogP contribution in [0.2, 0.25) is 0 Å². The maximum absolute atomic E-state index is 10.8. The van der Waals surface area contributed by atoms with Gasteiger partial charge in [0.1, 0.15) is 13.2 Å². The molecule has 0 heterocycles. The van der Waals surface area contributed by atoms with Crippen LogP contribution < -0.4 is 0 Å². The molecule has 0 spiro atoms. The summed E-state index contributed by atoms with van der Waals surface area (Å²) in [5.41, 5.74) is 0. The second-order valence-electron chi connectivity index (χ2n) is 4.45. The highest BCUT2D eigenvalue weighted by Gasteiger charge is 2.12. The zero-order chi connectivity index (χ0) is 17.5. The molecule has 2 unspecified atom stereocenters. The SMILES string of the molecule is O=C(CS)OCCSCC(O)CC(O)CSCCOC(=O)CS. The molecular formula is C13H24O6S4. The van der Waals surface area contributed by atoms with Gasteiger partial charge in [-0.05, 0) is 0 Å². The summed E-state index contributed by atoms with van der Waals surface area (Å²) < 4.78 is 9.69. The molecule has 0 aromatic carbocycles. The van der Waals surface area contributed by atoms with Gasteiger partial charge in [0, 0.05) is 29.4 Å². The number of aliphatic hydroxyl groups is 2. The maximum Gasteiger partial charge on any atom is 0.315 e. The summed E-state index contributed by atoms with van der Waals surface area (Å²) in [6.45, 7) is 0.584. The zero-order valence-corrected chi connectivity index (χ0v) is 16.2. The molecule has 2 N–H and O–H groups in total.